The maximum absolute atomic E-state index is 12.3. The van der Waals surface area contributed by atoms with Crippen LogP contribution in [0.1, 0.15) is 19.4 Å². The zero-order chi connectivity index (χ0) is 14.3. The van der Waals surface area contributed by atoms with E-state index in [9.17, 15) is 4.79 Å². The van der Waals surface area contributed by atoms with E-state index in [2.05, 4.69) is 28.9 Å². The Hall–Kier alpha value is -1.95. The van der Waals surface area contributed by atoms with Gasteiger partial charge in [0.05, 0.1) is 17.1 Å². The predicted molar refractivity (Wildman–Crippen MR) is 81.0 cm³/mol. The third-order valence-corrected chi connectivity index (χ3v) is 4.05. The first-order valence-corrected chi connectivity index (χ1v) is 7.42. The van der Waals surface area contributed by atoms with Crippen molar-refractivity contribution in [1.82, 2.24) is 19.7 Å². The summed E-state index contributed by atoms with van der Waals surface area (Å²) in [6, 6.07) is 0. The summed E-state index contributed by atoms with van der Waals surface area (Å²) in [5.41, 5.74) is 1.85. The van der Waals surface area contributed by atoms with Crippen molar-refractivity contribution in [2.45, 2.75) is 20.3 Å². The van der Waals surface area contributed by atoms with Gasteiger partial charge in [0, 0.05) is 13.2 Å². The van der Waals surface area contributed by atoms with Gasteiger partial charge < -0.3 is 4.98 Å². The van der Waals surface area contributed by atoms with Crippen LogP contribution in [0.5, 0.6) is 0 Å². The zero-order valence-corrected chi connectivity index (χ0v) is 12.5. The molecule has 3 heterocycles. The molecule has 0 atom stereocenters. The average molecular weight is 288 g/mol. The van der Waals surface area contributed by atoms with Crippen molar-refractivity contribution in [1.29, 1.82) is 0 Å². The van der Waals surface area contributed by atoms with Crippen molar-refractivity contribution >= 4 is 21.6 Å². The van der Waals surface area contributed by atoms with Crippen molar-refractivity contribution in [3.05, 3.63) is 33.7 Å². The van der Waals surface area contributed by atoms with Crippen molar-refractivity contribution in [3.8, 4) is 11.4 Å². The molecule has 0 saturated carbocycles. The molecule has 3 aromatic rings. The van der Waals surface area contributed by atoms with E-state index in [0.29, 0.717) is 11.7 Å². The Morgan fingerprint density at radius 3 is 2.90 bits per heavy atom. The number of hydrogen-bond donors (Lipinski definition) is 1. The molecule has 0 spiro atoms. The van der Waals surface area contributed by atoms with Gasteiger partial charge in [0.2, 0.25) is 0 Å². The Morgan fingerprint density at radius 2 is 2.25 bits per heavy atom. The molecule has 104 valence electrons. The van der Waals surface area contributed by atoms with Crippen LogP contribution >= 0.6 is 11.3 Å². The number of H-pyrrole nitrogens is 1. The summed E-state index contributed by atoms with van der Waals surface area (Å²) in [5.74, 6) is 1.10. The van der Waals surface area contributed by atoms with E-state index in [1.54, 1.807) is 10.9 Å². The van der Waals surface area contributed by atoms with Crippen LogP contribution in [0, 0.1) is 5.92 Å². The van der Waals surface area contributed by atoms with Gasteiger partial charge in [-0.15, -0.1) is 11.3 Å². The molecular formula is C14H16N4OS. The molecular weight excluding hydrogens is 272 g/mol. The molecule has 0 aliphatic rings. The summed E-state index contributed by atoms with van der Waals surface area (Å²) < 4.78 is 1.69. The van der Waals surface area contributed by atoms with Gasteiger partial charge in [-0.3, -0.25) is 9.48 Å². The molecule has 0 unspecified atom stereocenters. The number of aromatic nitrogens is 4. The Balaban J connectivity index is 2.14. The molecule has 6 heteroatoms. The minimum Gasteiger partial charge on any atom is -0.306 e. The molecule has 20 heavy (non-hydrogen) atoms. The minimum absolute atomic E-state index is 0.0641. The third-order valence-electron chi connectivity index (χ3n) is 3.13. The largest absolute Gasteiger partial charge is 0.306 e. The van der Waals surface area contributed by atoms with Crippen LogP contribution in [0.3, 0.4) is 0 Å². The molecule has 1 N–H and O–H groups in total. The summed E-state index contributed by atoms with van der Waals surface area (Å²) >= 11 is 1.53. The average Bonchev–Trinajstić information content (AvgIpc) is 2.96. The normalized spacial score (nSPS) is 11.6. The molecule has 0 radical (unpaired) electrons. The van der Waals surface area contributed by atoms with Crippen LogP contribution in [0.15, 0.2) is 22.6 Å². The van der Waals surface area contributed by atoms with E-state index >= 15 is 0 Å². The highest BCUT2D eigenvalue weighted by atomic mass is 32.1. The summed E-state index contributed by atoms with van der Waals surface area (Å²) in [6.45, 7) is 4.30. The maximum atomic E-state index is 12.3. The second-order valence-electron chi connectivity index (χ2n) is 5.36. The van der Waals surface area contributed by atoms with Gasteiger partial charge in [-0.05, 0) is 23.3 Å². The van der Waals surface area contributed by atoms with Crippen molar-refractivity contribution in [2.75, 3.05) is 0 Å². The fourth-order valence-corrected chi connectivity index (χ4v) is 3.23. The topological polar surface area (TPSA) is 63.6 Å². The van der Waals surface area contributed by atoms with E-state index in [0.717, 1.165) is 27.8 Å². The highest BCUT2D eigenvalue weighted by Crippen LogP contribution is 2.25. The predicted octanol–water partition coefficient (Wildman–Crippen LogP) is 2.58. The van der Waals surface area contributed by atoms with E-state index in [-0.39, 0.29) is 5.56 Å². The lowest BCUT2D eigenvalue weighted by Gasteiger charge is -2.02. The lowest BCUT2D eigenvalue weighted by Crippen LogP contribution is -2.10. The highest BCUT2D eigenvalue weighted by molar-refractivity contribution is 7.16. The number of nitrogens with one attached hydrogen (secondary N) is 1. The number of aryl methyl sites for hydroxylation is 1. The Kier molecular flexibility index (Phi) is 3.17. The molecule has 0 aliphatic heterocycles. The fourth-order valence-electron chi connectivity index (χ4n) is 2.28. The smallest absolute Gasteiger partial charge is 0.260 e. The van der Waals surface area contributed by atoms with Gasteiger partial charge in [0.25, 0.3) is 5.56 Å². The van der Waals surface area contributed by atoms with Gasteiger partial charge in [-0.1, -0.05) is 13.8 Å². The fraction of sp³-hybridized carbons (Fsp3) is 0.357. The van der Waals surface area contributed by atoms with Crippen molar-refractivity contribution in [2.24, 2.45) is 13.0 Å². The molecule has 0 amide bonds. The van der Waals surface area contributed by atoms with Gasteiger partial charge in [-0.2, -0.15) is 5.10 Å². The van der Waals surface area contributed by atoms with Gasteiger partial charge >= 0.3 is 0 Å². The highest BCUT2D eigenvalue weighted by Gasteiger charge is 2.13. The molecule has 3 rings (SSSR count). The van der Waals surface area contributed by atoms with Gasteiger partial charge in [0.1, 0.15) is 10.7 Å². The van der Waals surface area contributed by atoms with Crippen LogP contribution in [-0.4, -0.2) is 19.7 Å². The first kappa shape index (κ1) is 13.1. The lowest BCUT2D eigenvalue weighted by atomic mass is 10.0. The number of hydrogen-bond acceptors (Lipinski definition) is 4. The standard InChI is InChI=1S/C14H16N4OS/c1-8(2)4-9-7-20-14-11(9)13(19)16-12(17-14)10-5-15-18(3)6-10/h5-8H,4H2,1-3H3,(H,16,17,19). The number of nitrogens with zero attached hydrogens (tertiary/aromatic N) is 3. The van der Waals surface area contributed by atoms with Crippen molar-refractivity contribution < 1.29 is 0 Å². The van der Waals surface area contributed by atoms with E-state index in [1.165, 1.54) is 11.3 Å². The van der Waals surface area contributed by atoms with Crippen LogP contribution in [0.2, 0.25) is 0 Å². The Labute approximate surface area is 120 Å². The third kappa shape index (κ3) is 2.27. The number of fused-ring (bicyclic) bond motifs is 1. The maximum Gasteiger partial charge on any atom is 0.260 e. The molecule has 0 aliphatic carbocycles. The van der Waals surface area contributed by atoms with Gasteiger partial charge in [-0.25, -0.2) is 4.98 Å². The number of thiophene rings is 1. The van der Waals surface area contributed by atoms with Crippen LogP contribution < -0.4 is 5.56 Å². The quantitative estimate of drug-likeness (QED) is 0.805. The Morgan fingerprint density at radius 1 is 1.45 bits per heavy atom. The Bertz CT molecular complexity index is 812. The first-order valence-electron chi connectivity index (χ1n) is 6.54. The molecule has 0 aromatic carbocycles. The second kappa shape index (κ2) is 4.86. The lowest BCUT2D eigenvalue weighted by molar-refractivity contribution is 0.651. The van der Waals surface area contributed by atoms with Crippen LogP contribution in [0.25, 0.3) is 21.6 Å². The molecule has 0 bridgehead atoms. The summed E-state index contributed by atoms with van der Waals surface area (Å²) in [5, 5.41) is 6.88. The zero-order valence-electron chi connectivity index (χ0n) is 11.7. The minimum atomic E-state index is -0.0641. The van der Waals surface area contributed by atoms with Crippen LogP contribution in [0.4, 0.5) is 0 Å². The number of aromatic amines is 1. The van der Waals surface area contributed by atoms with Gasteiger partial charge in [0.15, 0.2) is 0 Å². The first-order chi connectivity index (χ1) is 9.54. The molecule has 5 nitrogen and oxygen atoms in total. The SMILES string of the molecule is CC(C)Cc1csc2nc(-c3cnn(C)c3)[nH]c(=O)c12. The molecule has 0 fully saturated rings. The van der Waals surface area contributed by atoms with E-state index < -0.39 is 0 Å². The van der Waals surface area contributed by atoms with E-state index in [1.807, 2.05) is 18.6 Å². The molecule has 0 saturated heterocycles. The monoisotopic (exact) mass is 288 g/mol. The summed E-state index contributed by atoms with van der Waals surface area (Å²) in [4.78, 5) is 20.5. The molecule has 3 aromatic heterocycles. The number of rotatable bonds is 3. The van der Waals surface area contributed by atoms with Crippen molar-refractivity contribution in [3.63, 3.8) is 0 Å². The summed E-state index contributed by atoms with van der Waals surface area (Å²) in [7, 11) is 1.84. The second-order valence-corrected chi connectivity index (χ2v) is 6.21. The summed E-state index contributed by atoms with van der Waals surface area (Å²) in [6.07, 6.45) is 4.44. The van der Waals surface area contributed by atoms with E-state index in [4.69, 9.17) is 0 Å². The van der Waals surface area contributed by atoms with Crippen LogP contribution in [-0.2, 0) is 13.5 Å².